The van der Waals surface area contributed by atoms with Gasteiger partial charge in [0.2, 0.25) is 5.91 Å². The molecule has 1 amide bonds. The van der Waals surface area contributed by atoms with Crippen LogP contribution in [0.5, 0.6) is 5.75 Å². The molecule has 1 aromatic rings. The number of hydrogen-bond acceptors (Lipinski definition) is 5. The third-order valence-electron chi connectivity index (χ3n) is 3.27. The Kier molecular flexibility index (Phi) is 4.97. The molecule has 1 unspecified atom stereocenters. The van der Waals surface area contributed by atoms with Gasteiger partial charge in [0, 0.05) is 19.0 Å². The molecular weight excluding hydrogens is 274 g/mol. The van der Waals surface area contributed by atoms with Crippen LogP contribution in [-0.2, 0) is 4.79 Å². The summed E-state index contributed by atoms with van der Waals surface area (Å²) in [6, 6.07) is 4.97. The number of ether oxygens (including phenoxy) is 1. The molecule has 1 fully saturated rings. The van der Waals surface area contributed by atoms with Crippen LogP contribution in [0.2, 0.25) is 0 Å². The van der Waals surface area contributed by atoms with Crippen LogP contribution >= 0.6 is 0 Å². The van der Waals surface area contributed by atoms with Gasteiger partial charge in [-0.15, -0.1) is 0 Å². The molecule has 2 rings (SSSR count). The van der Waals surface area contributed by atoms with Crippen molar-refractivity contribution in [3.05, 3.63) is 28.3 Å². The van der Waals surface area contributed by atoms with Crippen molar-refractivity contribution in [1.82, 2.24) is 5.32 Å². The van der Waals surface area contributed by atoms with E-state index in [9.17, 15) is 14.9 Å². The van der Waals surface area contributed by atoms with Gasteiger partial charge in [0.15, 0.2) is 5.75 Å². The van der Waals surface area contributed by atoms with Crippen LogP contribution in [0.3, 0.4) is 0 Å². The van der Waals surface area contributed by atoms with Crippen LogP contribution in [0.4, 0.5) is 11.4 Å². The third kappa shape index (κ3) is 3.84. The summed E-state index contributed by atoms with van der Waals surface area (Å²) >= 11 is 0. The number of nitro benzene ring substituents is 1. The number of rotatable bonds is 7. The molecule has 0 saturated carbocycles. The highest BCUT2D eigenvalue weighted by atomic mass is 16.6. The summed E-state index contributed by atoms with van der Waals surface area (Å²) in [4.78, 5) is 22.0. The maximum Gasteiger partial charge on any atom is 0.333 e. The van der Waals surface area contributed by atoms with E-state index < -0.39 is 4.92 Å². The molecule has 114 valence electrons. The van der Waals surface area contributed by atoms with E-state index in [4.69, 9.17) is 4.74 Å². The molecule has 0 radical (unpaired) electrons. The minimum Gasteiger partial charge on any atom is -0.487 e. The zero-order valence-electron chi connectivity index (χ0n) is 11.9. The van der Waals surface area contributed by atoms with Gasteiger partial charge in [-0.25, -0.2) is 0 Å². The van der Waals surface area contributed by atoms with E-state index in [1.165, 1.54) is 0 Å². The maximum atomic E-state index is 11.3. The smallest absolute Gasteiger partial charge is 0.333 e. The van der Waals surface area contributed by atoms with Gasteiger partial charge in [0.25, 0.3) is 0 Å². The van der Waals surface area contributed by atoms with E-state index in [-0.39, 0.29) is 23.4 Å². The second-order valence-corrected chi connectivity index (χ2v) is 4.94. The fourth-order valence-corrected chi connectivity index (χ4v) is 2.25. The molecule has 0 spiro atoms. The Morgan fingerprint density at radius 3 is 2.95 bits per heavy atom. The summed E-state index contributed by atoms with van der Waals surface area (Å²) in [5.41, 5.74) is 0.352. The topological polar surface area (TPSA) is 93.5 Å². The lowest BCUT2D eigenvalue weighted by Crippen LogP contribution is -2.31. The van der Waals surface area contributed by atoms with Crippen LogP contribution in [0.25, 0.3) is 0 Å². The number of para-hydroxylation sites is 1. The van der Waals surface area contributed by atoms with Crippen molar-refractivity contribution in [3.63, 3.8) is 0 Å². The molecule has 1 saturated heterocycles. The lowest BCUT2D eigenvalue weighted by Gasteiger charge is -2.14. The highest BCUT2D eigenvalue weighted by Gasteiger charge is 2.24. The van der Waals surface area contributed by atoms with Gasteiger partial charge in [0.1, 0.15) is 5.69 Å². The number of benzene rings is 1. The Balaban J connectivity index is 2.10. The molecule has 0 aliphatic carbocycles. The SMILES string of the molecule is CCCOc1cccc(NCC2CCC(=O)N2)c1[N+](=O)[O-]. The number of nitrogens with zero attached hydrogens (tertiary/aromatic N) is 1. The molecule has 1 aliphatic rings. The van der Waals surface area contributed by atoms with Crippen molar-refractivity contribution in [2.45, 2.75) is 32.2 Å². The Morgan fingerprint density at radius 1 is 1.52 bits per heavy atom. The molecule has 1 atom stereocenters. The quantitative estimate of drug-likeness (QED) is 0.593. The lowest BCUT2D eigenvalue weighted by atomic mass is 10.2. The van der Waals surface area contributed by atoms with Crippen molar-refractivity contribution in [3.8, 4) is 5.75 Å². The molecule has 7 nitrogen and oxygen atoms in total. The van der Waals surface area contributed by atoms with Crippen molar-refractivity contribution >= 4 is 17.3 Å². The number of hydrogen-bond donors (Lipinski definition) is 2. The molecule has 21 heavy (non-hydrogen) atoms. The van der Waals surface area contributed by atoms with E-state index in [1.54, 1.807) is 18.2 Å². The molecule has 2 N–H and O–H groups in total. The van der Waals surface area contributed by atoms with Gasteiger partial charge >= 0.3 is 5.69 Å². The van der Waals surface area contributed by atoms with Crippen LogP contribution in [0.15, 0.2) is 18.2 Å². The second-order valence-electron chi connectivity index (χ2n) is 4.94. The monoisotopic (exact) mass is 293 g/mol. The number of carbonyl (C=O) groups excluding carboxylic acids is 1. The molecular formula is C14H19N3O4. The van der Waals surface area contributed by atoms with Gasteiger partial charge in [-0.05, 0) is 25.0 Å². The Morgan fingerprint density at radius 2 is 2.33 bits per heavy atom. The van der Waals surface area contributed by atoms with Crippen molar-refractivity contribution in [1.29, 1.82) is 0 Å². The zero-order valence-corrected chi connectivity index (χ0v) is 11.9. The van der Waals surface area contributed by atoms with Crippen LogP contribution in [0.1, 0.15) is 26.2 Å². The second kappa shape index (κ2) is 6.92. The van der Waals surface area contributed by atoms with E-state index >= 15 is 0 Å². The predicted molar refractivity (Wildman–Crippen MR) is 78.5 cm³/mol. The number of nitrogens with one attached hydrogen (secondary N) is 2. The first kappa shape index (κ1) is 15.1. The van der Waals surface area contributed by atoms with Crippen LogP contribution in [-0.4, -0.2) is 30.0 Å². The lowest BCUT2D eigenvalue weighted by molar-refractivity contribution is -0.385. The number of carbonyl (C=O) groups is 1. The van der Waals surface area contributed by atoms with E-state index in [2.05, 4.69) is 10.6 Å². The Labute approximate surface area is 122 Å². The summed E-state index contributed by atoms with van der Waals surface area (Å²) in [6.45, 7) is 2.84. The minimum absolute atomic E-state index is 0.0114. The van der Waals surface area contributed by atoms with E-state index in [0.29, 0.717) is 25.3 Å². The van der Waals surface area contributed by atoms with Gasteiger partial charge in [-0.1, -0.05) is 13.0 Å². The van der Waals surface area contributed by atoms with Crippen molar-refractivity contribution < 1.29 is 14.5 Å². The summed E-state index contributed by atoms with van der Waals surface area (Å²) < 4.78 is 5.43. The summed E-state index contributed by atoms with van der Waals surface area (Å²) in [5.74, 6) is 0.290. The van der Waals surface area contributed by atoms with Gasteiger partial charge < -0.3 is 15.4 Å². The molecule has 7 heteroatoms. The predicted octanol–water partition coefficient (Wildman–Crippen LogP) is 2.07. The van der Waals surface area contributed by atoms with Gasteiger partial charge in [-0.3, -0.25) is 14.9 Å². The first-order chi connectivity index (χ1) is 10.1. The van der Waals surface area contributed by atoms with Crippen LogP contribution in [0, 0.1) is 10.1 Å². The highest BCUT2D eigenvalue weighted by Crippen LogP contribution is 2.34. The Bertz CT molecular complexity index is 533. The molecule has 1 aliphatic heterocycles. The average molecular weight is 293 g/mol. The zero-order chi connectivity index (χ0) is 15.2. The minimum atomic E-state index is -0.444. The maximum absolute atomic E-state index is 11.3. The fourth-order valence-electron chi connectivity index (χ4n) is 2.25. The normalized spacial score (nSPS) is 17.4. The Hall–Kier alpha value is -2.31. The molecule has 0 bridgehead atoms. The third-order valence-corrected chi connectivity index (χ3v) is 3.27. The molecule has 1 heterocycles. The summed E-state index contributed by atoms with van der Waals surface area (Å²) in [7, 11) is 0. The number of nitro groups is 1. The summed E-state index contributed by atoms with van der Waals surface area (Å²) in [5, 5.41) is 17.1. The number of anilines is 1. The van der Waals surface area contributed by atoms with Gasteiger partial charge in [0.05, 0.1) is 11.5 Å². The van der Waals surface area contributed by atoms with Crippen molar-refractivity contribution in [2.24, 2.45) is 0 Å². The summed E-state index contributed by atoms with van der Waals surface area (Å²) in [6.07, 6.45) is 2.03. The highest BCUT2D eigenvalue weighted by molar-refractivity contribution is 5.78. The first-order valence-corrected chi connectivity index (χ1v) is 7.05. The fraction of sp³-hybridized carbons (Fsp3) is 0.500. The average Bonchev–Trinajstić information content (AvgIpc) is 2.88. The van der Waals surface area contributed by atoms with Crippen LogP contribution < -0.4 is 15.4 Å². The largest absolute Gasteiger partial charge is 0.487 e. The van der Waals surface area contributed by atoms with E-state index in [0.717, 1.165) is 12.8 Å². The standard InChI is InChI=1S/C14H19N3O4/c1-2-8-21-12-5-3-4-11(14(12)17(19)20)15-9-10-6-7-13(18)16-10/h3-5,10,15H,2,6-9H2,1H3,(H,16,18). The van der Waals surface area contributed by atoms with Crippen molar-refractivity contribution in [2.75, 3.05) is 18.5 Å². The first-order valence-electron chi connectivity index (χ1n) is 7.05. The molecule has 0 aromatic heterocycles. The number of amides is 1. The molecule has 1 aromatic carbocycles. The van der Waals surface area contributed by atoms with Gasteiger partial charge in [-0.2, -0.15) is 0 Å². The van der Waals surface area contributed by atoms with E-state index in [1.807, 2.05) is 6.92 Å².